The molecule has 10 aromatic rings. The number of anilines is 3. The molecule has 1 heterocycles. The molecule has 0 saturated carbocycles. The molecular weight excluding hydrogens is 677 g/mol. The lowest BCUT2D eigenvalue weighted by atomic mass is 10.0. The molecule has 0 aliphatic carbocycles. The molecule has 2 nitrogen and oxygen atoms in total. The summed E-state index contributed by atoms with van der Waals surface area (Å²) in [5.41, 5.74) is 16.4. The van der Waals surface area contributed by atoms with Crippen molar-refractivity contribution in [3.8, 4) is 50.2 Å². The highest BCUT2D eigenvalue weighted by Crippen LogP contribution is 2.41. The van der Waals surface area contributed by atoms with Gasteiger partial charge in [0.2, 0.25) is 0 Å². The topological polar surface area (TPSA) is 8.17 Å². The lowest BCUT2D eigenvalue weighted by molar-refractivity contribution is 1.18. The third kappa shape index (κ3) is 6.24. The van der Waals surface area contributed by atoms with Crippen LogP contribution in [0.5, 0.6) is 0 Å². The molecule has 0 radical (unpaired) electrons. The highest BCUT2D eigenvalue weighted by Gasteiger charge is 2.19. The van der Waals surface area contributed by atoms with Crippen LogP contribution in [0.4, 0.5) is 17.1 Å². The van der Waals surface area contributed by atoms with Gasteiger partial charge in [0, 0.05) is 33.5 Å². The fourth-order valence-electron chi connectivity index (χ4n) is 7.98. The van der Waals surface area contributed by atoms with Gasteiger partial charge in [0.05, 0.1) is 11.0 Å². The van der Waals surface area contributed by atoms with Gasteiger partial charge < -0.3 is 9.47 Å². The van der Waals surface area contributed by atoms with Crippen LogP contribution in [0.1, 0.15) is 0 Å². The molecule has 0 amide bonds. The van der Waals surface area contributed by atoms with Gasteiger partial charge in [-0.05, 0) is 105 Å². The lowest BCUT2D eigenvalue weighted by Gasteiger charge is -2.26. The quantitative estimate of drug-likeness (QED) is 0.152. The second kappa shape index (κ2) is 14.4. The molecule has 56 heavy (non-hydrogen) atoms. The molecule has 2 heteroatoms. The SMILES string of the molecule is c1ccc(-c2ccc(N(c3ccc(-c4ccccc4)cc3)c3ccc4c5cc(-c6ccccc6)ccc5n(-c5ccc(-c6ccccc6)cc5)c4c3)cc2)cc1. The first-order valence-electron chi connectivity index (χ1n) is 19.2. The number of benzene rings is 9. The van der Waals surface area contributed by atoms with Crippen molar-refractivity contribution >= 4 is 38.9 Å². The summed E-state index contributed by atoms with van der Waals surface area (Å²) in [6, 6.07) is 83.1. The standard InChI is InChI=1S/C54H38N2/c1-5-13-39(14-6-1)43-21-28-47(29-22-43)55(48-30-23-44(24-31-48)40-15-7-2-8-16-40)50-34-35-51-52-37-46(42-19-11-4-12-20-42)27-36-53(52)56(54(51)38-50)49-32-25-45(26-33-49)41-17-9-3-10-18-41/h1-38H. The summed E-state index contributed by atoms with van der Waals surface area (Å²) in [4.78, 5) is 2.37. The molecular formula is C54H38N2. The minimum atomic E-state index is 1.09. The van der Waals surface area contributed by atoms with Crippen LogP contribution in [0.2, 0.25) is 0 Å². The van der Waals surface area contributed by atoms with Gasteiger partial charge in [-0.25, -0.2) is 0 Å². The lowest BCUT2D eigenvalue weighted by Crippen LogP contribution is -2.10. The van der Waals surface area contributed by atoms with Crippen molar-refractivity contribution in [2.45, 2.75) is 0 Å². The fraction of sp³-hybridized carbons (Fsp3) is 0. The number of rotatable bonds is 8. The third-order valence-electron chi connectivity index (χ3n) is 10.8. The number of aromatic nitrogens is 1. The number of hydrogen-bond acceptors (Lipinski definition) is 1. The zero-order valence-electron chi connectivity index (χ0n) is 30.8. The normalized spacial score (nSPS) is 11.2. The van der Waals surface area contributed by atoms with Gasteiger partial charge in [-0.2, -0.15) is 0 Å². The van der Waals surface area contributed by atoms with Crippen molar-refractivity contribution < 1.29 is 0 Å². The Morgan fingerprint density at radius 1 is 0.250 bits per heavy atom. The van der Waals surface area contributed by atoms with Crippen molar-refractivity contribution in [2.75, 3.05) is 4.90 Å². The van der Waals surface area contributed by atoms with E-state index in [1.165, 1.54) is 60.8 Å². The third-order valence-corrected chi connectivity index (χ3v) is 10.8. The van der Waals surface area contributed by atoms with Crippen LogP contribution in [-0.4, -0.2) is 4.57 Å². The van der Waals surface area contributed by atoms with E-state index in [1.54, 1.807) is 0 Å². The average molecular weight is 715 g/mol. The summed E-state index contributed by atoms with van der Waals surface area (Å²) in [7, 11) is 0. The number of nitrogens with zero attached hydrogens (tertiary/aromatic N) is 2. The monoisotopic (exact) mass is 714 g/mol. The van der Waals surface area contributed by atoms with E-state index in [2.05, 4.69) is 240 Å². The van der Waals surface area contributed by atoms with E-state index in [-0.39, 0.29) is 0 Å². The molecule has 0 saturated heterocycles. The molecule has 0 unspecified atom stereocenters. The molecule has 9 aromatic carbocycles. The summed E-state index contributed by atoms with van der Waals surface area (Å²) in [6.07, 6.45) is 0. The summed E-state index contributed by atoms with van der Waals surface area (Å²) in [6.45, 7) is 0. The van der Waals surface area contributed by atoms with E-state index in [0.29, 0.717) is 0 Å². The van der Waals surface area contributed by atoms with Gasteiger partial charge in [0.15, 0.2) is 0 Å². The maximum atomic E-state index is 2.42. The summed E-state index contributed by atoms with van der Waals surface area (Å²) in [5, 5.41) is 2.44. The molecule has 264 valence electrons. The van der Waals surface area contributed by atoms with Crippen LogP contribution >= 0.6 is 0 Å². The molecule has 0 fully saturated rings. The van der Waals surface area contributed by atoms with E-state index < -0.39 is 0 Å². The predicted molar refractivity (Wildman–Crippen MR) is 237 cm³/mol. The highest BCUT2D eigenvalue weighted by molar-refractivity contribution is 6.11. The van der Waals surface area contributed by atoms with Gasteiger partial charge >= 0.3 is 0 Å². The van der Waals surface area contributed by atoms with Crippen molar-refractivity contribution in [3.05, 3.63) is 231 Å². The van der Waals surface area contributed by atoms with Crippen molar-refractivity contribution in [2.24, 2.45) is 0 Å². The molecule has 0 aliphatic rings. The molecule has 10 rings (SSSR count). The minimum Gasteiger partial charge on any atom is -0.310 e. The molecule has 0 bridgehead atoms. The van der Waals surface area contributed by atoms with Crippen LogP contribution in [0, 0.1) is 0 Å². The first-order valence-corrected chi connectivity index (χ1v) is 19.2. The van der Waals surface area contributed by atoms with Gasteiger partial charge in [-0.15, -0.1) is 0 Å². The van der Waals surface area contributed by atoms with Crippen LogP contribution in [-0.2, 0) is 0 Å². The molecule has 0 N–H and O–H groups in total. The van der Waals surface area contributed by atoms with Gasteiger partial charge in [0.25, 0.3) is 0 Å². The summed E-state index contributed by atoms with van der Waals surface area (Å²) < 4.78 is 2.42. The van der Waals surface area contributed by atoms with Crippen molar-refractivity contribution in [1.29, 1.82) is 0 Å². The Hall–Kier alpha value is -7.42. The van der Waals surface area contributed by atoms with Crippen molar-refractivity contribution in [1.82, 2.24) is 4.57 Å². The summed E-state index contributed by atoms with van der Waals surface area (Å²) >= 11 is 0. The molecule has 0 aliphatic heterocycles. The van der Waals surface area contributed by atoms with E-state index in [4.69, 9.17) is 0 Å². The predicted octanol–water partition coefficient (Wildman–Crippen LogP) is 14.9. The maximum absolute atomic E-state index is 2.42. The fourth-order valence-corrected chi connectivity index (χ4v) is 7.98. The first-order chi connectivity index (χ1) is 27.8. The van der Waals surface area contributed by atoms with Crippen molar-refractivity contribution in [3.63, 3.8) is 0 Å². The zero-order chi connectivity index (χ0) is 37.3. The second-order valence-electron chi connectivity index (χ2n) is 14.2. The minimum absolute atomic E-state index is 1.09. The van der Waals surface area contributed by atoms with Crippen LogP contribution in [0.15, 0.2) is 231 Å². The van der Waals surface area contributed by atoms with Crippen LogP contribution in [0.25, 0.3) is 72.0 Å². The van der Waals surface area contributed by atoms with Gasteiger partial charge in [-0.1, -0.05) is 170 Å². The largest absolute Gasteiger partial charge is 0.310 e. The maximum Gasteiger partial charge on any atom is 0.0561 e. The Balaban J connectivity index is 1.15. The summed E-state index contributed by atoms with van der Waals surface area (Å²) in [5.74, 6) is 0. The number of fused-ring (bicyclic) bond motifs is 3. The Morgan fingerprint density at radius 2 is 0.625 bits per heavy atom. The molecule has 0 spiro atoms. The van der Waals surface area contributed by atoms with E-state index in [1.807, 2.05) is 0 Å². The van der Waals surface area contributed by atoms with E-state index in [0.717, 1.165) is 28.3 Å². The Bertz CT molecular complexity index is 2810. The number of hydrogen-bond donors (Lipinski definition) is 0. The first kappa shape index (κ1) is 33.2. The second-order valence-corrected chi connectivity index (χ2v) is 14.2. The van der Waals surface area contributed by atoms with Gasteiger partial charge in [-0.3, -0.25) is 0 Å². The highest BCUT2D eigenvalue weighted by atomic mass is 15.1. The smallest absolute Gasteiger partial charge is 0.0561 e. The average Bonchev–Trinajstić information content (AvgIpc) is 3.61. The molecule has 0 atom stereocenters. The van der Waals surface area contributed by atoms with Crippen LogP contribution in [0.3, 0.4) is 0 Å². The molecule has 1 aromatic heterocycles. The van der Waals surface area contributed by atoms with E-state index in [9.17, 15) is 0 Å². The van der Waals surface area contributed by atoms with E-state index >= 15 is 0 Å². The van der Waals surface area contributed by atoms with Gasteiger partial charge in [0.1, 0.15) is 0 Å². The zero-order valence-corrected chi connectivity index (χ0v) is 30.8. The van der Waals surface area contributed by atoms with Crippen LogP contribution < -0.4 is 4.90 Å². The Kier molecular flexibility index (Phi) is 8.55. The Labute approximate surface area is 327 Å². The Morgan fingerprint density at radius 3 is 1.09 bits per heavy atom.